The maximum atomic E-state index is 12.7. The molecule has 24 heavy (non-hydrogen) atoms. The van der Waals surface area contributed by atoms with Crippen LogP contribution in [0, 0.1) is 5.92 Å². The van der Waals surface area contributed by atoms with Crippen molar-refractivity contribution in [2.24, 2.45) is 5.92 Å². The predicted octanol–water partition coefficient (Wildman–Crippen LogP) is 1.65. The Morgan fingerprint density at radius 1 is 1.46 bits per heavy atom. The highest BCUT2D eigenvalue weighted by molar-refractivity contribution is 5.82. The number of amides is 1. The lowest BCUT2D eigenvalue weighted by atomic mass is 10.0. The van der Waals surface area contributed by atoms with Gasteiger partial charge in [-0.2, -0.15) is 0 Å². The number of aromatic nitrogens is 1. The monoisotopic (exact) mass is 331 g/mol. The second-order valence-electron chi connectivity index (χ2n) is 7.38. The van der Waals surface area contributed by atoms with Gasteiger partial charge in [-0.05, 0) is 11.5 Å². The smallest absolute Gasteiger partial charge is 0.226 e. The number of methoxy groups -OCH3 is 1. The van der Waals surface area contributed by atoms with E-state index < -0.39 is 5.72 Å². The molecule has 6 heteroatoms. The average Bonchev–Trinajstić information content (AvgIpc) is 3.19. The Balaban J connectivity index is 1.54. The van der Waals surface area contributed by atoms with Crippen LogP contribution in [0.15, 0.2) is 18.3 Å². The van der Waals surface area contributed by atoms with Crippen LogP contribution in [0.5, 0.6) is 5.88 Å². The summed E-state index contributed by atoms with van der Waals surface area (Å²) in [5.74, 6) is 1.29. The lowest BCUT2D eigenvalue weighted by Crippen LogP contribution is -2.50. The molecule has 0 radical (unpaired) electrons. The number of pyridine rings is 1. The Morgan fingerprint density at radius 3 is 2.96 bits per heavy atom. The number of carbonyl (C=O) groups is 1. The van der Waals surface area contributed by atoms with Crippen molar-refractivity contribution in [3.63, 3.8) is 0 Å². The lowest BCUT2D eigenvalue weighted by molar-refractivity contribution is -0.139. The minimum atomic E-state index is -0.397. The van der Waals surface area contributed by atoms with Crippen molar-refractivity contribution in [2.45, 2.75) is 51.0 Å². The normalized spacial score (nSPS) is 32.5. The highest BCUT2D eigenvalue weighted by Crippen LogP contribution is 2.49. The quantitative estimate of drug-likeness (QED) is 0.840. The van der Waals surface area contributed by atoms with Crippen molar-refractivity contribution in [1.29, 1.82) is 0 Å². The van der Waals surface area contributed by atoms with Crippen LogP contribution in [-0.4, -0.2) is 58.8 Å². The minimum absolute atomic E-state index is 0.149. The van der Waals surface area contributed by atoms with Crippen molar-refractivity contribution in [1.82, 2.24) is 14.8 Å². The summed E-state index contributed by atoms with van der Waals surface area (Å²) >= 11 is 0. The first-order valence-corrected chi connectivity index (χ1v) is 8.74. The van der Waals surface area contributed by atoms with E-state index in [9.17, 15) is 4.79 Å². The van der Waals surface area contributed by atoms with Gasteiger partial charge in [-0.15, -0.1) is 0 Å². The van der Waals surface area contributed by atoms with E-state index in [1.54, 1.807) is 7.11 Å². The SMILES string of the molecule is COc1ccc(CN2CC[C@@]34OC[C@@H](C(C)C)N3C(=O)C[C@@H]24)cn1. The van der Waals surface area contributed by atoms with Gasteiger partial charge in [0.15, 0.2) is 5.72 Å². The third-order valence-electron chi connectivity index (χ3n) is 5.76. The molecule has 3 fully saturated rings. The Bertz CT molecular complexity index is 633. The molecule has 1 aromatic rings. The second-order valence-corrected chi connectivity index (χ2v) is 7.38. The molecule has 1 aromatic heterocycles. The third-order valence-corrected chi connectivity index (χ3v) is 5.76. The number of hydrogen-bond acceptors (Lipinski definition) is 5. The van der Waals surface area contributed by atoms with Crippen molar-refractivity contribution in [3.8, 4) is 5.88 Å². The van der Waals surface area contributed by atoms with Gasteiger partial charge in [-0.25, -0.2) is 4.98 Å². The van der Waals surface area contributed by atoms with Gasteiger partial charge in [-0.1, -0.05) is 19.9 Å². The molecule has 3 aliphatic rings. The van der Waals surface area contributed by atoms with E-state index >= 15 is 0 Å². The van der Waals surface area contributed by atoms with Crippen molar-refractivity contribution < 1.29 is 14.3 Å². The first-order chi connectivity index (χ1) is 11.5. The first-order valence-electron chi connectivity index (χ1n) is 8.74. The minimum Gasteiger partial charge on any atom is -0.481 e. The third kappa shape index (κ3) is 2.24. The van der Waals surface area contributed by atoms with Crippen molar-refractivity contribution >= 4 is 5.91 Å². The van der Waals surface area contributed by atoms with Gasteiger partial charge in [0.2, 0.25) is 11.8 Å². The highest BCUT2D eigenvalue weighted by Gasteiger charge is 2.64. The molecule has 0 N–H and O–H groups in total. The van der Waals surface area contributed by atoms with Crippen LogP contribution in [0.2, 0.25) is 0 Å². The van der Waals surface area contributed by atoms with Crippen LogP contribution in [0.25, 0.3) is 0 Å². The van der Waals surface area contributed by atoms with Gasteiger partial charge in [0, 0.05) is 38.2 Å². The second kappa shape index (κ2) is 5.70. The zero-order valence-corrected chi connectivity index (χ0v) is 14.6. The summed E-state index contributed by atoms with van der Waals surface area (Å²) in [5, 5.41) is 0. The van der Waals surface area contributed by atoms with E-state index in [2.05, 4.69) is 28.6 Å². The summed E-state index contributed by atoms with van der Waals surface area (Å²) in [6.45, 7) is 6.75. The van der Waals surface area contributed by atoms with E-state index in [0.717, 1.165) is 25.1 Å². The molecule has 130 valence electrons. The molecule has 1 spiro atoms. The van der Waals surface area contributed by atoms with Crippen LogP contribution in [0.1, 0.15) is 32.3 Å². The number of carbonyl (C=O) groups excluding carboxylic acids is 1. The fraction of sp³-hybridized carbons (Fsp3) is 0.667. The van der Waals surface area contributed by atoms with Gasteiger partial charge < -0.3 is 14.4 Å². The van der Waals surface area contributed by atoms with E-state index in [1.165, 1.54) is 0 Å². The summed E-state index contributed by atoms with van der Waals surface area (Å²) < 4.78 is 11.4. The van der Waals surface area contributed by atoms with Gasteiger partial charge in [-0.3, -0.25) is 9.69 Å². The Kier molecular flexibility index (Phi) is 3.77. The molecular weight excluding hydrogens is 306 g/mol. The maximum Gasteiger partial charge on any atom is 0.226 e. The van der Waals surface area contributed by atoms with Gasteiger partial charge in [0.25, 0.3) is 0 Å². The van der Waals surface area contributed by atoms with Gasteiger partial charge >= 0.3 is 0 Å². The Labute approximate surface area is 142 Å². The fourth-order valence-corrected chi connectivity index (χ4v) is 4.50. The molecule has 0 bridgehead atoms. The number of nitrogens with zero attached hydrogens (tertiary/aromatic N) is 3. The molecule has 4 heterocycles. The molecule has 0 unspecified atom stereocenters. The van der Waals surface area contributed by atoms with Crippen molar-refractivity contribution in [2.75, 3.05) is 20.3 Å². The summed E-state index contributed by atoms with van der Waals surface area (Å²) in [7, 11) is 1.62. The van der Waals surface area contributed by atoms with Gasteiger partial charge in [0.05, 0.1) is 25.8 Å². The molecule has 3 saturated heterocycles. The molecule has 1 amide bonds. The Morgan fingerprint density at radius 2 is 2.29 bits per heavy atom. The van der Waals surface area contributed by atoms with E-state index in [-0.39, 0.29) is 18.0 Å². The molecule has 4 rings (SSSR count). The first kappa shape index (κ1) is 15.8. The number of rotatable bonds is 4. The molecule has 6 nitrogen and oxygen atoms in total. The zero-order valence-electron chi connectivity index (χ0n) is 14.6. The van der Waals surface area contributed by atoms with Crippen LogP contribution in [0.3, 0.4) is 0 Å². The number of hydrogen-bond donors (Lipinski definition) is 0. The molecule has 0 aromatic carbocycles. The van der Waals surface area contributed by atoms with Gasteiger partial charge in [0.1, 0.15) is 0 Å². The fourth-order valence-electron chi connectivity index (χ4n) is 4.50. The van der Waals surface area contributed by atoms with Crippen LogP contribution >= 0.6 is 0 Å². The highest BCUT2D eigenvalue weighted by atomic mass is 16.5. The van der Waals surface area contributed by atoms with Crippen LogP contribution < -0.4 is 4.74 Å². The molecular formula is C18H25N3O3. The molecule has 0 aliphatic carbocycles. The summed E-state index contributed by atoms with van der Waals surface area (Å²) in [6.07, 6.45) is 3.31. The van der Waals surface area contributed by atoms with E-state index in [4.69, 9.17) is 9.47 Å². The van der Waals surface area contributed by atoms with E-state index in [1.807, 2.05) is 18.3 Å². The van der Waals surface area contributed by atoms with Crippen LogP contribution in [0.4, 0.5) is 0 Å². The summed E-state index contributed by atoms with van der Waals surface area (Å²) in [4.78, 5) is 21.4. The predicted molar refractivity (Wildman–Crippen MR) is 88.4 cm³/mol. The zero-order chi connectivity index (χ0) is 16.9. The number of ether oxygens (including phenoxy) is 2. The average molecular weight is 331 g/mol. The number of likely N-dealkylation sites (tertiary alicyclic amines) is 1. The standard InChI is InChI=1S/C18H25N3O3/c1-12(2)14-11-24-18-6-7-20(15(18)8-17(22)21(14)18)10-13-4-5-16(23-3)19-9-13/h4-5,9,12,14-15H,6-8,10-11H2,1-3H3/t14-,15+,18-/m0/s1. The topological polar surface area (TPSA) is 54.9 Å². The van der Waals surface area contributed by atoms with Crippen LogP contribution in [-0.2, 0) is 16.1 Å². The molecule has 3 aliphatic heterocycles. The molecule has 0 saturated carbocycles. The van der Waals surface area contributed by atoms with E-state index in [0.29, 0.717) is 24.8 Å². The maximum absolute atomic E-state index is 12.7. The summed E-state index contributed by atoms with van der Waals surface area (Å²) in [6, 6.07) is 4.28. The lowest BCUT2D eigenvalue weighted by Gasteiger charge is -2.34. The Hall–Kier alpha value is -1.66. The summed E-state index contributed by atoms with van der Waals surface area (Å²) in [5.41, 5.74) is 0.739. The molecule has 3 atom stereocenters. The largest absolute Gasteiger partial charge is 0.481 e. The van der Waals surface area contributed by atoms with Crippen molar-refractivity contribution in [3.05, 3.63) is 23.9 Å².